The first-order valence-electron chi connectivity index (χ1n) is 8.82. The second-order valence-electron chi connectivity index (χ2n) is 6.97. The van der Waals surface area contributed by atoms with E-state index in [-0.39, 0.29) is 11.7 Å². The highest BCUT2D eigenvalue weighted by atomic mass is 32.1. The van der Waals surface area contributed by atoms with E-state index in [9.17, 15) is 9.18 Å². The molecule has 1 saturated carbocycles. The zero-order valence-electron chi connectivity index (χ0n) is 14.5. The van der Waals surface area contributed by atoms with Crippen LogP contribution in [0, 0.1) is 12.7 Å². The Labute approximate surface area is 157 Å². The van der Waals surface area contributed by atoms with Crippen molar-refractivity contribution >= 4 is 28.8 Å². The molecule has 2 aliphatic rings. The Hall–Kier alpha value is -2.40. The molecular weight excluding hydrogens is 347 g/mol. The largest absolute Gasteiger partial charge is 0.271 e. The van der Waals surface area contributed by atoms with Crippen molar-refractivity contribution < 1.29 is 9.18 Å². The average Bonchev–Trinajstić information content (AvgIpc) is 3.21. The van der Waals surface area contributed by atoms with Crippen LogP contribution in [-0.4, -0.2) is 27.2 Å². The van der Waals surface area contributed by atoms with Crippen molar-refractivity contribution in [2.75, 3.05) is 0 Å². The number of amides is 1. The first-order valence-corrected chi connectivity index (χ1v) is 9.22. The molecule has 1 aliphatic carbocycles. The van der Waals surface area contributed by atoms with E-state index in [1.54, 1.807) is 4.90 Å². The van der Waals surface area contributed by atoms with E-state index < -0.39 is 5.66 Å². The number of halogens is 1. The smallest absolute Gasteiger partial charge is 0.260 e. The third-order valence-electron chi connectivity index (χ3n) is 5.17. The van der Waals surface area contributed by atoms with E-state index in [1.165, 1.54) is 24.3 Å². The highest BCUT2D eigenvalue weighted by Crippen LogP contribution is 2.42. The zero-order chi connectivity index (χ0) is 18.3. The van der Waals surface area contributed by atoms with Gasteiger partial charge in [-0.15, -0.1) is 0 Å². The van der Waals surface area contributed by atoms with Gasteiger partial charge in [0.25, 0.3) is 5.91 Å². The average molecular weight is 366 g/mol. The molecule has 0 radical (unpaired) electrons. The van der Waals surface area contributed by atoms with Gasteiger partial charge < -0.3 is 0 Å². The van der Waals surface area contributed by atoms with Crippen LogP contribution >= 0.6 is 12.2 Å². The molecule has 1 aliphatic heterocycles. The first kappa shape index (κ1) is 17.0. The lowest BCUT2D eigenvalue weighted by molar-refractivity contribution is 0.0724. The molecule has 0 bridgehead atoms. The third kappa shape index (κ3) is 2.76. The molecule has 2 aromatic carbocycles. The number of rotatable bonds is 2. The molecule has 0 atom stereocenters. The molecule has 4 rings (SSSR count). The van der Waals surface area contributed by atoms with Crippen molar-refractivity contribution in [3.8, 4) is 0 Å². The molecule has 132 valence electrons. The molecule has 0 N–H and O–H groups in total. The van der Waals surface area contributed by atoms with Crippen LogP contribution in [0.3, 0.4) is 0 Å². The quantitative estimate of drug-likeness (QED) is 0.723. The predicted octanol–water partition coefficient (Wildman–Crippen LogP) is 4.68. The van der Waals surface area contributed by atoms with Gasteiger partial charge in [-0.3, -0.25) is 14.7 Å². The summed E-state index contributed by atoms with van der Waals surface area (Å²) in [6.07, 6.45) is 3.63. The highest BCUT2D eigenvalue weighted by molar-refractivity contribution is 7.82. The summed E-state index contributed by atoms with van der Waals surface area (Å²) in [5, 5.41) is 0. The minimum Gasteiger partial charge on any atom is -0.271 e. The molecule has 2 aromatic rings. The Bertz CT molecular complexity index is 897. The Kier molecular flexibility index (Phi) is 4.19. The lowest BCUT2D eigenvalue weighted by Crippen LogP contribution is -2.48. The second kappa shape index (κ2) is 6.40. The molecule has 1 heterocycles. The fraction of sp³-hybridized carbons (Fsp3) is 0.286. The summed E-state index contributed by atoms with van der Waals surface area (Å²) in [5.74, 6) is -0.569. The number of carbonyl (C=O) groups is 1. The van der Waals surface area contributed by atoms with Crippen LogP contribution in [0.5, 0.6) is 0 Å². The highest BCUT2D eigenvalue weighted by Gasteiger charge is 2.50. The van der Waals surface area contributed by atoms with Crippen LogP contribution in [0.15, 0.2) is 53.5 Å². The molecule has 1 fully saturated rings. The third-order valence-corrected chi connectivity index (χ3v) is 5.54. The Morgan fingerprint density at radius 3 is 2.31 bits per heavy atom. The standard InChI is InChI=1S/C21H19FN2OS/c1-14-4-6-15(7-5-14)18-20(26)24(21(23-18)12-2-3-13-21)19(25)16-8-10-17(22)11-9-16/h4-11H,2-3,12-13H2,1H3. The van der Waals surface area contributed by atoms with Gasteiger partial charge >= 0.3 is 0 Å². The molecule has 0 unspecified atom stereocenters. The van der Waals surface area contributed by atoms with Gasteiger partial charge in [0.1, 0.15) is 22.2 Å². The molecule has 5 heteroatoms. The first-order chi connectivity index (χ1) is 12.5. The fourth-order valence-corrected chi connectivity index (χ4v) is 4.20. The van der Waals surface area contributed by atoms with Crippen LogP contribution in [0.4, 0.5) is 4.39 Å². The number of aryl methyl sites for hydroxylation is 1. The molecular formula is C21H19FN2OS. The number of carbonyl (C=O) groups excluding carboxylic acids is 1. The minimum absolute atomic E-state index is 0.206. The molecule has 1 amide bonds. The van der Waals surface area contributed by atoms with Crippen LogP contribution < -0.4 is 0 Å². The van der Waals surface area contributed by atoms with Crippen molar-refractivity contribution in [2.24, 2.45) is 4.99 Å². The maximum atomic E-state index is 13.2. The Morgan fingerprint density at radius 1 is 1.08 bits per heavy atom. The van der Waals surface area contributed by atoms with Gasteiger partial charge in [-0.25, -0.2) is 4.39 Å². The van der Waals surface area contributed by atoms with Gasteiger partial charge in [-0.1, -0.05) is 42.0 Å². The van der Waals surface area contributed by atoms with Gasteiger partial charge in [0, 0.05) is 11.1 Å². The summed E-state index contributed by atoms with van der Waals surface area (Å²) in [7, 11) is 0. The van der Waals surface area contributed by atoms with Crippen LogP contribution in [0.1, 0.15) is 47.2 Å². The maximum Gasteiger partial charge on any atom is 0.260 e. The summed E-state index contributed by atoms with van der Waals surface area (Å²) >= 11 is 5.69. The van der Waals surface area contributed by atoms with Gasteiger partial charge in [0.15, 0.2) is 0 Å². The van der Waals surface area contributed by atoms with Crippen molar-refractivity contribution in [2.45, 2.75) is 38.3 Å². The summed E-state index contributed by atoms with van der Waals surface area (Å²) < 4.78 is 13.2. The lowest BCUT2D eigenvalue weighted by atomic mass is 10.1. The van der Waals surface area contributed by atoms with Crippen molar-refractivity contribution in [1.82, 2.24) is 4.90 Å². The zero-order valence-corrected chi connectivity index (χ0v) is 15.4. The van der Waals surface area contributed by atoms with E-state index in [4.69, 9.17) is 17.2 Å². The normalized spacial score (nSPS) is 18.5. The summed E-state index contributed by atoms with van der Waals surface area (Å²) in [6.45, 7) is 2.03. The summed E-state index contributed by atoms with van der Waals surface area (Å²) in [5.41, 5.74) is 2.63. The van der Waals surface area contributed by atoms with Gasteiger partial charge in [0.05, 0.1) is 0 Å². The molecule has 3 nitrogen and oxygen atoms in total. The number of hydrogen-bond acceptors (Lipinski definition) is 3. The SMILES string of the molecule is Cc1ccc(C2=NC3(CCCC3)N(C(=O)c3ccc(F)cc3)C2=S)cc1. The van der Waals surface area contributed by atoms with E-state index in [2.05, 4.69) is 0 Å². The number of thiocarbonyl (C=S) groups is 1. The summed E-state index contributed by atoms with van der Waals surface area (Å²) in [4.78, 5) is 20.3. The van der Waals surface area contributed by atoms with E-state index >= 15 is 0 Å². The predicted molar refractivity (Wildman–Crippen MR) is 104 cm³/mol. The molecule has 0 saturated heterocycles. The number of aliphatic imine (C=N–C) groups is 1. The number of nitrogens with zero attached hydrogens (tertiary/aromatic N) is 2. The second-order valence-corrected chi connectivity index (χ2v) is 7.36. The van der Waals surface area contributed by atoms with E-state index in [0.717, 1.165) is 36.8 Å². The van der Waals surface area contributed by atoms with Crippen LogP contribution in [0.2, 0.25) is 0 Å². The van der Waals surface area contributed by atoms with Crippen molar-refractivity contribution in [3.05, 3.63) is 71.0 Å². The number of benzene rings is 2. The molecule has 26 heavy (non-hydrogen) atoms. The van der Waals surface area contributed by atoms with E-state index in [1.807, 2.05) is 31.2 Å². The fourth-order valence-electron chi connectivity index (χ4n) is 3.78. The topological polar surface area (TPSA) is 32.7 Å². The lowest BCUT2D eigenvalue weighted by Gasteiger charge is -2.32. The molecule has 0 aromatic heterocycles. The monoisotopic (exact) mass is 366 g/mol. The van der Waals surface area contributed by atoms with E-state index in [0.29, 0.717) is 16.3 Å². The molecule has 1 spiro atoms. The van der Waals surface area contributed by atoms with Gasteiger partial charge in [0.2, 0.25) is 0 Å². The van der Waals surface area contributed by atoms with Gasteiger partial charge in [-0.05, 0) is 56.9 Å². The maximum absolute atomic E-state index is 13.2. The van der Waals surface area contributed by atoms with Crippen molar-refractivity contribution in [3.63, 3.8) is 0 Å². The Morgan fingerprint density at radius 2 is 1.69 bits per heavy atom. The number of hydrogen-bond donors (Lipinski definition) is 0. The van der Waals surface area contributed by atoms with Crippen LogP contribution in [0.25, 0.3) is 0 Å². The minimum atomic E-state index is -0.594. The van der Waals surface area contributed by atoms with Crippen LogP contribution in [-0.2, 0) is 0 Å². The Balaban J connectivity index is 1.75. The summed E-state index contributed by atoms with van der Waals surface area (Å²) in [6, 6.07) is 13.6. The van der Waals surface area contributed by atoms with Gasteiger partial charge in [-0.2, -0.15) is 0 Å². The van der Waals surface area contributed by atoms with Crippen molar-refractivity contribution in [1.29, 1.82) is 0 Å².